The van der Waals surface area contributed by atoms with Gasteiger partial charge in [0.15, 0.2) is 17.8 Å². The third kappa shape index (κ3) is 7.91. The lowest BCUT2D eigenvalue weighted by atomic mass is 9.93. The maximum absolute atomic E-state index is 14.7. The zero-order valence-corrected chi connectivity index (χ0v) is 33.3. The molecule has 4 aliphatic heterocycles. The summed E-state index contributed by atoms with van der Waals surface area (Å²) in [6.07, 6.45) is 8.57. The van der Waals surface area contributed by atoms with Crippen LogP contribution in [0.1, 0.15) is 101 Å². The van der Waals surface area contributed by atoms with Crippen LogP contribution in [0.3, 0.4) is 0 Å². The maximum atomic E-state index is 14.7. The predicted molar refractivity (Wildman–Crippen MR) is 216 cm³/mol. The Kier molecular flexibility index (Phi) is 10.8. The summed E-state index contributed by atoms with van der Waals surface area (Å²) < 4.78 is 36.2. The number of likely N-dealkylation sites (tertiary alicyclic amines) is 1. The molecule has 3 saturated heterocycles. The highest BCUT2D eigenvalue weighted by Gasteiger charge is 2.45. The number of alkyl halides is 2. The van der Waals surface area contributed by atoms with Gasteiger partial charge < -0.3 is 24.4 Å². The molecule has 0 radical (unpaired) electrons. The van der Waals surface area contributed by atoms with Gasteiger partial charge in [-0.25, -0.2) is 18.7 Å². The zero-order chi connectivity index (χ0) is 40.8. The molecule has 59 heavy (non-hydrogen) atoms. The second-order valence-corrected chi connectivity index (χ2v) is 16.7. The number of imide groups is 1. The van der Waals surface area contributed by atoms with Gasteiger partial charge >= 0.3 is 0 Å². The van der Waals surface area contributed by atoms with Crippen LogP contribution >= 0.6 is 12.6 Å². The summed E-state index contributed by atoms with van der Waals surface area (Å²) in [5, 5.41) is 9.45. The van der Waals surface area contributed by atoms with Gasteiger partial charge in [-0.2, -0.15) is 5.10 Å². The summed E-state index contributed by atoms with van der Waals surface area (Å²) in [5.74, 6) is -0.0860. The summed E-state index contributed by atoms with van der Waals surface area (Å²) in [6.45, 7) is 4.81. The van der Waals surface area contributed by atoms with Crippen molar-refractivity contribution in [1.82, 2.24) is 34.9 Å². The Morgan fingerprint density at radius 1 is 1.00 bits per heavy atom. The fourth-order valence-electron chi connectivity index (χ4n) is 8.96. The van der Waals surface area contributed by atoms with Crippen LogP contribution in [-0.2, 0) is 9.59 Å². The summed E-state index contributed by atoms with van der Waals surface area (Å²) in [5.41, 5.74) is 2.14. The van der Waals surface area contributed by atoms with Crippen molar-refractivity contribution in [3.05, 3.63) is 77.9 Å². The maximum Gasteiger partial charge on any atom is 0.284 e. The molecule has 0 spiro atoms. The molecule has 4 fully saturated rings. The molecule has 4 aromatic rings. The lowest BCUT2D eigenvalue weighted by molar-refractivity contribution is -0.137. The van der Waals surface area contributed by atoms with E-state index in [-0.39, 0.29) is 42.1 Å². The normalized spacial score (nSPS) is 21.9. The van der Waals surface area contributed by atoms with E-state index in [0.717, 1.165) is 82.6 Å². The average molecular weight is 829 g/mol. The first-order valence-electron chi connectivity index (χ1n) is 20.4. The number of fused-ring (bicyclic) bond motifs is 1. The molecule has 9 rings (SSSR count). The second-order valence-electron chi connectivity index (χ2n) is 16.2. The van der Waals surface area contributed by atoms with Crippen molar-refractivity contribution in [2.45, 2.75) is 75.2 Å². The van der Waals surface area contributed by atoms with Gasteiger partial charge in [-0.15, -0.1) is 12.6 Å². The number of amides is 4. The SMILES string of the molecule is O=C1CCC(N2C(=O)c3cccc(N4CCC(CN5CCC(n6cc(N(C(=O)c7cocn7)c7ccnc(NCC8CC8)c7)c(C(F)F)n6)CC5)CC4)c3C2S)C(=O)N1. The number of anilines is 4. The first kappa shape index (κ1) is 39.1. The Morgan fingerprint density at radius 2 is 1.80 bits per heavy atom. The standard InChI is InChI=1S/C41H46F2N10O5S/c42-37(43)36-32(52(40(57)29-22-58-23-46-29)27-8-13-44-33(18-27)45-19-24-4-5-24)21-51(48-36)26-11-14-49(15-12-26)20-25-9-16-50(17-10-25)30-3-1-2-28-35(30)41(59)53(39(28)56)31-6-7-34(54)47-38(31)55/h1-3,8,13,18,21-26,31,37,41,59H,4-7,9-12,14-17,19-20H2,(H,44,45)(H,47,54,55). The van der Waals surface area contributed by atoms with Crippen molar-refractivity contribution in [3.63, 3.8) is 0 Å². The van der Waals surface area contributed by atoms with Crippen molar-refractivity contribution in [2.75, 3.05) is 54.4 Å². The van der Waals surface area contributed by atoms with Crippen LogP contribution in [-0.4, -0.2) is 98.5 Å². The summed E-state index contributed by atoms with van der Waals surface area (Å²) >= 11 is 4.85. The van der Waals surface area contributed by atoms with E-state index < -0.39 is 35.3 Å². The number of halogens is 2. The van der Waals surface area contributed by atoms with Crippen molar-refractivity contribution in [2.24, 2.45) is 11.8 Å². The molecule has 0 bridgehead atoms. The Bertz CT molecular complexity index is 2220. The number of hydrogen-bond acceptors (Lipinski definition) is 12. The third-order valence-electron chi connectivity index (χ3n) is 12.3. The number of benzene rings is 1. The largest absolute Gasteiger partial charge is 0.451 e. The minimum absolute atomic E-state index is 0.0112. The molecule has 310 valence electrons. The number of pyridine rings is 1. The van der Waals surface area contributed by atoms with Crippen LogP contribution in [0.2, 0.25) is 0 Å². The van der Waals surface area contributed by atoms with Gasteiger partial charge in [-0.3, -0.25) is 34.1 Å². The van der Waals surface area contributed by atoms with Crippen molar-refractivity contribution in [3.8, 4) is 0 Å². The Balaban J connectivity index is 0.840. The number of hydrogen-bond donors (Lipinski definition) is 3. The van der Waals surface area contributed by atoms with Gasteiger partial charge in [0.2, 0.25) is 11.8 Å². The van der Waals surface area contributed by atoms with Crippen LogP contribution in [0, 0.1) is 11.8 Å². The van der Waals surface area contributed by atoms with Gasteiger partial charge in [-0.05, 0) is 75.0 Å². The van der Waals surface area contributed by atoms with E-state index in [2.05, 4.69) is 35.5 Å². The highest BCUT2D eigenvalue weighted by Crippen LogP contribution is 2.45. The fourth-order valence-corrected chi connectivity index (χ4v) is 9.50. The fraction of sp³-hybridized carbons (Fsp3) is 0.488. The number of oxazole rings is 1. The topological polar surface area (TPSA) is 162 Å². The van der Waals surface area contributed by atoms with Gasteiger partial charge in [0.05, 0.1) is 17.4 Å². The zero-order valence-electron chi connectivity index (χ0n) is 32.4. The van der Waals surface area contributed by atoms with E-state index in [1.165, 1.54) is 16.1 Å². The van der Waals surface area contributed by atoms with E-state index in [9.17, 15) is 28.0 Å². The number of rotatable bonds is 12. The molecule has 2 atom stereocenters. The lowest BCUT2D eigenvalue weighted by Crippen LogP contribution is -2.53. The number of thiol groups is 1. The quantitative estimate of drug-likeness (QED) is 0.118. The summed E-state index contributed by atoms with van der Waals surface area (Å²) in [7, 11) is 0. The minimum Gasteiger partial charge on any atom is -0.451 e. The average Bonchev–Trinajstić information content (AvgIpc) is 3.58. The molecular formula is C41H46F2N10O5S. The number of carbonyl (C=O) groups excluding carboxylic acids is 4. The van der Waals surface area contributed by atoms with Crippen LogP contribution < -0.4 is 20.4 Å². The van der Waals surface area contributed by atoms with Gasteiger partial charge in [-0.1, -0.05) is 6.07 Å². The Labute approximate surface area is 344 Å². The van der Waals surface area contributed by atoms with Gasteiger partial charge in [0.25, 0.3) is 18.2 Å². The molecule has 1 saturated carbocycles. The number of aromatic nitrogens is 4. The van der Waals surface area contributed by atoms with E-state index in [1.54, 1.807) is 35.3 Å². The van der Waals surface area contributed by atoms with E-state index in [0.29, 0.717) is 41.7 Å². The third-order valence-corrected chi connectivity index (χ3v) is 12.8. The Hall–Kier alpha value is -5.36. The second kappa shape index (κ2) is 16.4. The van der Waals surface area contributed by atoms with E-state index in [1.807, 2.05) is 12.1 Å². The Morgan fingerprint density at radius 3 is 2.51 bits per heavy atom. The molecule has 18 heteroatoms. The lowest BCUT2D eigenvalue weighted by Gasteiger charge is -2.39. The molecule has 5 aliphatic rings. The smallest absolute Gasteiger partial charge is 0.284 e. The summed E-state index contributed by atoms with van der Waals surface area (Å²) in [4.78, 5) is 67.8. The minimum atomic E-state index is -2.93. The van der Waals surface area contributed by atoms with Gasteiger partial charge in [0.1, 0.15) is 23.5 Å². The molecule has 3 aromatic heterocycles. The molecule has 15 nitrogen and oxygen atoms in total. The first-order valence-corrected chi connectivity index (χ1v) is 20.9. The molecular weight excluding hydrogens is 783 g/mol. The number of piperidine rings is 3. The highest BCUT2D eigenvalue weighted by atomic mass is 32.1. The number of carbonyl (C=O) groups is 4. The van der Waals surface area contributed by atoms with Crippen LogP contribution in [0.15, 0.2) is 59.8 Å². The van der Waals surface area contributed by atoms with E-state index >= 15 is 0 Å². The van der Waals surface area contributed by atoms with Gasteiger partial charge in [0, 0.05) is 81.0 Å². The number of nitrogens with one attached hydrogen (secondary N) is 2. The molecule has 1 aromatic carbocycles. The molecule has 1 aliphatic carbocycles. The van der Waals surface area contributed by atoms with Crippen molar-refractivity contribution < 1.29 is 32.4 Å². The first-order chi connectivity index (χ1) is 28.6. The molecule has 2 N–H and O–H groups in total. The van der Waals surface area contributed by atoms with E-state index in [4.69, 9.17) is 17.0 Å². The molecule has 7 heterocycles. The highest BCUT2D eigenvalue weighted by molar-refractivity contribution is 7.80. The van der Waals surface area contributed by atoms with Crippen molar-refractivity contribution >= 4 is 59.1 Å². The van der Waals surface area contributed by atoms with Crippen LogP contribution in [0.25, 0.3) is 0 Å². The van der Waals surface area contributed by atoms with Crippen LogP contribution in [0.5, 0.6) is 0 Å². The van der Waals surface area contributed by atoms with Crippen LogP contribution in [0.4, 0.5) is 31.7 Å². The van der Waals surface area contributed by atoms with Crippen molar-refractivity contribution in [1.29, 1.82) is 0 Å². The monoisotopic (exact) mass is 828 g/mol. The predicted octanol–water partition coefficient (Wildman–Crippen LogP) is 5.75. The number of nitrogens with zero attached hydrogens (tertiary/aromatic N) is 8. The summed E-state index contributed by atoms with van der Waals surface area (Å²) in [6, 6.07) is 8.08. The molecule has 2 unspecified atom stereocenters. The molecule has 4 amide bonds.